The quantitative estimate of drug-likeness (QED) is 0.572. The molecule has 2 aromatic rings. The third-order valence-electron chi connectivity index (χ3n) is 5.00. The molecule has 7 nitrogen and oxygen atoms in total. The maximum atomic E-state index is 12.8. The molecule has 1 aliphatic rings. The number of nitrogens with zero attached hydrogens (tertiary/aromatic N) is 3. The van der Waals surface area contributed by atoms with Gasteiger partial charge in [-0.1, -0.05) is 32.6 Å². The summed E-state index contributed by atoms with van der Waals surface area (Å²) in [6, 6.07) is 4.14. The average Bonchev–Trinajstić information content (AvgIpc) is 2.74. The topological polar surface area (TPSA) is 91.8 Å². The van der Waals surface area contributed by atoms with Crippen LogP contribution in [0.1, 0.15) is 67.8 Å². The summed E-state index contributed by atoms with van der Waals surface area (Å²) >= 11 is 0. The first-order valence-electron chi connectivity index (χ1n) is 10.3. The van der Waals surface area contributed by atoms with Crippen LogP contribution in [0.15, 0.2) is 30.7 Å². The molecule has 3 rings (SSSR count). The van der Waals surface area contributed by atoms with Crippen molar-refractivity contribution in [2.75, 3.05) is 17.2 Å². The number of unbranched alkanes of at least 4 members (excludes halogenated alkanes) is 1. The first-order chi connectivity index (χ1) is 13.8. The van der Waals surface area contributed by atoms with E-state index in [0.29, 0.717) is 29.9 Å². The Kier molecular flexibility index (Phi) is 7.58. The van der Waals surface area contributed by atoms with Gasteiger partial charge in [0.2, 0.25) is 5.95 Å². The molecule has 7 heteroatoms. The molecule has 0 saturated heterocycles. The highest BCUT2D eigenvalue weighted by atomic mass is 16.1. The van der Waals surface area contributed by atoms with E-state index in [2.05, 4.69) is 37.8 Å². The second kappa shape index (κ2) is 10.6. The monoisotopic (exact) mass is 382 g/mol. The first-order valence-corrected chi connectivity index (χ1v) is 10.3. The molecule has 1 aliphatic carbocycles. The molecule has 0 radical (unpaired) electrons. The Bertz CT molecular complexity index is 746. The van der Waals surface area contributed by atoms with E-state index >= 15 is 0 Å². The van der Waals surface area contributed by atoms with Crippen LogP contribution in [0.2, 0.25) is 0 Å². The standard InChI is InChI=1S/C21H30N6O/c1-2-3-11-23-21-25-15-18(19(27-21)26-17-7-5-4-6-8-17)20(28)24-14-16-9-12-22-13-10-16/h9-10,12-13,15,17H,2-8,11,14H2,1H3,(H,24,28)(H2,23,25,26,27). The summed E-state index contributed by atoms with van der Waals surface area (Å²) in [5.41, 5.74) is 1.49. The van der Waals surface area contributed by atoms with Gasteiger partial charge in [0.15, 0.2) is 0 Å². The van der Waals surface area contributed by atoms with Gasteiger partial charge in [0.25, 0.3) is 5.91 Å². The van der Waals surface area contributed by atoms with Gasteiger partial charge >= 0.3 is 0 Å². The highest BCUT2D eigenvalue weighted by Gasteiger charge is 2.19. The Morgan fingerprint density at radius 1 is 1.18 bits per heavy atom. The number of aromatic nitrogens is 3. The van der Waals surface area contributed by atoms with Gasteiger partial charge in [0.05, 0.1) is 0 Å². The van der Waals surface area contributed by atoms with Crippen LogP contribution in [0.5, 0.6) is 0 Å². The van der Waals surface area contributed by atoms with Crippen LogP contribution in [0.3, 0.4) is 0 Å². The Hall–Kier alpha value is -2.70. The Morgan fingerprint density at radius 2 is 1.96 bits per heavy atom. The predicted molar refractivity (Wildman–Crippen MR) is 111 cm³/mol. The number of nitrogens with one attached hydrogen (secondary N) is 3. The fourth-order valence-corrected chi connectivity index (χ4v) is 3.34. The van der Waals surface area contributed by atoms with Crippen molar-refractivity contribution < 1.29 is 4.79 Å². The highest BCUT2D eigenvalue weighted by Crippen LogP contribution is 2.23. The third-order valence-corrected chi connectivity index (χ3v) is 5.00. The third kappa shape index (κ3) is 5.90. The van der Waals surface area contributed by atoms with Crippen LogP contribution in [-0.4, -0.2) is 33.4 Å². The molecule has 2 aromatic heterocycles. The summed E-state index contributed by atoms with van der Waals surface area (Å²) in [5, 5.41) is 9.70. The van der Waals surface area contributed by atoms with Gasteiger partial charge in [-0.15, -0.1) is 0 Å². The molecule has 0 aromatic carbocycles. The van der Waals surface area contributed by atoms with Gasteiger partial charge in [0, 0.05) is 37.7 Å². The van der Waals surface area contributed by atoms with Crippen LogP contribution in [0.4, 0.5) is 11.8 Å². The maximum absolute atomic E-state index is 12.8. The molecule has 2 heterocycles. The van der Waals surface area contributed by atoms with E-state index in [0.717, 1.165) is 37.8 Å². The molecule has 28 heavy (non-hydrogen) atoms. The van der Waals surface area contributed by atoms with Crippen molar-refractivity contribution in [2.24, 2.45) is 0 Å². The minimum absolute atomic E-state index is 0.171. The number of carbonyl (C=O) groups is 1. The lowest BCUT2D eigenvalue weighted by Crippen LogP contribution is -2.28. The van der Waals surface area contributed by atoms with Crippen molar-refractivity contribution in [2.45, 2.75) is 64.5 Å². The number of anilines is 2. The molecular formula is C21H30N6O. The number of pyridine rings is 1. The molecule has 0 unspecified atom stereocenters. The number of hydrogen-bond acceptors (Lipinski definition) is 6. The van der Waals surface area contributed by atoms with Gasteiger partial charge in [-0.3, -0.25) is 9.78 Å². The van der Waals surface area contributed by atoms with E-state index in [-0.39, 0.29) is 5.91 Å². The summed E-state index contributed by atoms with van der Waals surface area (Å²) in [6.07, 6.45) is 13.2. The molecule has 150 valence electrons. The van der Waals surface area contributed by atoms with Gasteiger partial charge in [-0.25, -0.2) is 4.98 Å². The van der Waals surface area contributed by atoms with E-state index in [9.17, 15) is 4.79 Å². The second-order valence-corrected chi connectivity index (χ2v) is 7.25. The van der Waals surface area contributed by atoms with Gasteiger partial charge in [-0.2, -0.15) is 4.98 Å². The fraction of sp³-hybridized carbons (Fsp3) is 0.524. The van der Waals surface area contributed by atoms with Crippen molar-refractivity contribution in [1.29, 1.82) is 0 Å². The minimum Gasteiger partial charge on any atom is -0.367 e. The zero-order valence-electron chi connectivity index (χ0n) is 16.6. The summed E-state index contributed by atoms with van der Waals surface area (Å²) in [6.45, 7) is 3.42. The number of rotatable bonds is 9. The highest BCUT2D eigenvalue weighted by molar-refractivity contribution is 5.98. The van der Waals surface area contributed by atoms with Crippen LogP contribution in [-0.2, 0) is 6.54 Å². The van der Waals surface area contributed by atoms with Gasteiger partial charge in [-0.05, 0) is 37.0 Å². The molecule has 1 fully saturated rings. The van der Waals surface area contributed by atoms with Crippen molar-refractivity contribution in [3.8, 4) is 0 Å². The van der Waals surface area contributed by atoms with E-state index in [4.69, 9.17) is 0 Å². The second-order valence-electron chi connectivity index (χ2n) is 7.25. The average molecular weight is 383 g/mol. The fourth-order valence-electron chi connectivity index (χ4n) is 3.34. The van der Waals surface area contributed by atoms with Gasteiger partial charge < -0.3 is 16.0 Å². The molecular weight excluding hydrogens is 352 g/mol. The number of carbonyl (C=O) groups excluding carboxylic acids is 1. The lowest BCUT2D eigenvalue weighted by molar-refractivity contribution is 0.0951. The molecule has 0 atom stereocenters. The van der Waals surface area contributed by atoms with Crippen LogP contribution in [0.25, 0.3) is 0 Å². The van der Waals surface area contributed by atoms with E-state index in [1.54, 1.807) is 18.6 Å². The maximum Gasteiger partial charge on any atom is 0.256 e. The molecule has 1 amide bonds. The number of hydrogen-bond donors (Lipinski definition) is 3. The summed E-state index contributed by atoms with van der Waals surface area (Å²) < 4.78 is 0. The normalized spacial score (nSPS) is 14.5. The Morgan fingerprint density at radius 3 is 2.71 bits per heavy atom. The first kappa shape index (κ1) is 20.0. The lowest BCUT2D eigenvalue weighted by atomic mass is 9.95. The van der Waals surface area contributed by atoms with Crippen molar-refractivity contribution in [1.82, 2.24) is 20.3 Å². The van der Waals surface area contributed by atoms with Crippen molar-refractivity contribution in [3.63, 3.8) is 0 Å². The van der Waals surface area contributed by atoms with E-state index < -0.39 is 0 Å². The largest absolute Gasteiger partial charge is 0.367 e. The van der Waals surface area contributed by atoms with E-state index in [1.807, 2.05) is 12.1 Å². The predicted octanol–water partition coefficient (Wildman–Crippen LogP) is 3.76. The van der Waals surface area contributed by atoms with Crippen LogP contribution >= 0.6 is 0 Å². The number of amides is 1. The molecule has 0 spiro atoms. The van der Waals surface area contributed by atoms with Gasteiger partial charge in [0.1, 0.15) is 11.4 Å². The van der Waals surface area contributed by atoms with Crippen LogP contribution in [0, 0.1) is 0 Å². The van der Waals surface area contributed by atoms with Crippen molar-refractivity contribution >= 4 is 17.7 Å². The van der Waals surface area contributed by atoms with Crippen LogP contribution < -0.4 is 16.0 Å². The Balaban J connectivity index is 1.71. The SMILES string of the molecule is CCCCNc1ncc(C(=O)NCc2ccncc2)c(NC2CCCCC2)n1. The summed E-state index contributed by atoms with van der Waals surface area (Å²) in [5.74, 6) is 1.01. The molecule has 1 saturated carbocycles. The minimum atomic E-state index is -0.171. The molecule has 0 aliphatic heterocycles. The zero-order chi connectivity index (χ0) is 19.6. The zero-order valence-corrected chi connectivity index (χ0v) is 16.6. The smallest absolute Gasteiger partial charge is 0.256 e. The van der Waals surface area contributed by atoms with Crippen molar-refractivity contribution in [3.05, 3.63) is 41.9 Å². The lowest BCUT2D eigenvalue weighted by Gasteiger charge is -2.24. The Labute approximate surface area is 166 Å². The molecule has 0 bridgehead atoms. The molecule has 3 N–H and O–H groups in total. The van der Waals surface area contributed by atoms with E-state index in [1.165, 1.54) is 19.3 Å². The summed E-state index contributed by atoms with van der Waals surface area (Å²) in [4.78, 5) is 25.7. The summed E-state index contributed by atoms with van der Waals surface area (Å²) in [7, 11) is 0.